The van der Waals surface area contributed by atoms with Crippen molar-refractivity contribution < 1.29 is 8.42 Å². The van der Waals surface area contributed by atoms with Crippen LogP contribution in [0.4, 0.5) is 0 Å². The molecule has 110 valence electrons. The average Bonchev–Trinajstić information content (AvgIpc) is 2.39. The largest absolute Gasteiger partial charge is 0.392 e. The van der Waals surface area contributed by atoms with E-state index >= 15 is 0 Å². The van der Waals surface area contributed by atoms with Crippen LogP contribution in [0.3, 0.4) is 0 Å². The van der Waals surface area contributed by atoms with Gasteiger partial charge < -0.3 is 5.73 Å². The van der Waals surface area contributed by atoms with Crippen molar-refractivity contribution >= 4 is 27.4 Å². The van der Waals surface area contributed by atoms with Crippen LogP contribution in [0.25, 0.3) is 0 Å². The van der Waals surface area contributed by atoms with Crippen LogP contribution in [0.15, 0.2) is 0 Å². The number of hydrogen-bond acceptors (Lipinski definition) is 3. The number of piperidine rings is 2. The second kappa shape index (κ2) is 6.03. The summed E-state index contributed by atoms with van der Waals surface area (Å²) in [5.41, 5.74) is 5.73. The SMILES string of the molecule is CC1CCCCN1S(=O)(=O)N1CCCCC1C(N)=S. The van der Waals surface area contributed by atoms with E-state index in [1.807, 2.05) is 6.92 Å². The van der Waals surface area contributed by atoms with E-state index in [0.29, 0.717) is 18.1 Å². The van der Waals surface area contributed by atoms with Crippen LogP contribution >= 0.6 is 12.2 Å². The van der Waals surface area contributed by atoms with Crippen LogP contribution < -0.4 is 5.73 Å². The minimum absolute atomic E-state index is 0.0765. The summed E-state index contributed by atoms with van der Waals surface area (Å²) >= 11 is 5.05. The van der Waals surface area contributed by atoms with Crippen LogP contribution in [0.2, 0.25) is 0 Å². The molecule has 0 aromatic carbocycles. The number of rotatable bonds is 3. The summed E-state index contributed by atoms with van der Waals surface area (Å²) in [5.74, 6) is 0. The van der Waals surface area contributed by atoms with E-state index in [4.69, 9.17) is 18.0 Å². The summed E-state index contributed by atoms with van der Waals surface area (Å²) < 4.78 is 28.8. The molecule has 2 aliphatic heterocycles. The van der Waals surface area contributed by atoms with Crippen LogP contribution in [0.5, 0.6) is 0 Å². The molecule has 0 saturated carbocycles. The van der Waals surface area contributed by atoms with Crippen molar-refractivity contribution in [1.29, 1.82) is 0 Å². The Bertz CT molecular complexity index is 438. The van der Waals surface area contributed by atoms with Gasteiger partial charge >= 0.3 is 0 Å². The van der Waals surface area contributed by atoms with E-state index in [0.717, 1.165) is 38.5 Å². The molecule has 2 rings (SSSR count). The molecular weight excluding hydrogens is 282 g/mol. The Balaban J connectivity index is 2.23. The number of thiocarbonyl (C=S) groups is 1. The quantitative estimate of drug-likeness (QED) is 0.797. The Kier molecular flexibility index (Phi) is 4.81. The maximum absolute atomic E-state index is 12.8. The van der Waals surface area contributed by atoms with Crippen molar-refractivity contribution in [3.05, 3.63) is 0 Å². The van der Waals surface area contributed by atoms with Gasteiger partial charge in [0.1, 0.15) is 0 Å². The van der Waals surface area contributed by atoms with Gasteiger partial charge in [-0.25, -0.2) is 0 Å². The Hall–Kier alpha value is -0.240. The van der Waals surface area contributed by atoms with Crippen LogP contribution in [-0.2, 0) is 10.2 Å². The highest BCUT2D eigenvalue weighted by atomic mass is 32.2. The molecule has 2 heterocycles. The molecule has 2 unspecified atom stereocenters. The van der Waals surface area contributed by atoms with Crippen molar-refractivity contribution in [3.63, 3.8) is 0 Å². The monoisotopic (exact) mass is 305 g/mol. The minimum Gasteiger partial charge on any atom is -0.392 e. The van der Waals surface area contributed by atoms with Gasteiger partial charge in [0.15, 0.2) is 0 Å². The lowest BCUT2D eigenvalue weighted by atomic mass is 10.1. The summed E-state index contributed by atoms with van der Waals surface area (Å²) in [6.45, 7) is 3.13. The Labute approximate surface area is 121 Å². The molecule has 5 nitrogen and oxygen atoms in total. The summed E-state index contributed by atoms with van der Waals surface area (Å²) in [7, 11) is -3.43. The normalized spacial score (nSPS) is 31.2. The third-order valence-electron chi connectivity index (χ3n) is 4.12. The van der Waals surface area contributed by atoms with Crippen molar-refractivity contribution in [2.45, 2.75) is 57.5 Å². The summed E-state index contributed by atoms with van der Waals surface area (Å²) in [6, 6.07) is -0.226. The Morgan fingerprint density at radius 1 is 1.11 bits per heavy atom. The lowest BCUT2D eigenvalue weighted by Crippen LogP contribution is -2.56. The highest BCUT2D eigenvalue weighted by Gasteiger charge is 2.40. The molecule has 7 heteroatoms. The van der Waals surface area contributed by atoms with Crippen molar-refractivity contribution in [3.8, 4) is 0 Å². The molecule has 2 atom stereocenters. The molecule has 19 heavy (non-hydrogen) atoms. The van der Waals surface area contributed by atoms with Crippen LogP contribution in [-0.4, -0.2) is 47.2 Å². The molecular formula is C12H23N3O2S2. The van der Waals surface area contributed by atoms with E-state index in [1.54, 1.807) is 4.31 Å². The molecule has 0 aromatic rings. The standard InChI is InChI=1S/C12H23N3O2S2/c1-10-6-2-4-8-14(10)19(16,17)15-9-5-3-7-11(15)12(13)18/h10-11H,2-9H2,1H3,(H2,13,18). The van der Waals surface area contributed by atoms with E-state index in [-0.39, 0.29) is 12.1 Å². The van der Waals surface area contributed by atoms with E-state index in [9.17, 15) is 8.42 Å². The van der Waals surface area contributed by atoms with Gasteiger partial charge in [-0.05, 0) is 32.6 Å². The Morgan fingerprint density at radius 3 is 2.26 bits per heavy atom. The fourth-order valence-electron chi connectivity index (χ4n) is 3.01. The lowest BCUT2D eigenvalue weighted by molar-refractivity contribution is 0.224. The van der Waals surface area contributed by atoms with Gasteiger partial charge in [-0.1, -0.05) is 25.1 Å². The number of nitrogens with two attached hydrogens (primary N) is 1. The second-order valence-corrected chi connectivity index (χ2v) is 7.79. The highest BCUT2D eigenvalue weighted by Crippen LogP contribution is 2.27. The van der Waals surface area contributed by atoms with Gasteiger partial charge in [-0.3, -0.25) is 0 Å². The van der Waals surface area contributed by atoms with E-state index < -0.39 is 10.2 Å². The molecule has 2 fully saturated rings. The van der Waals surface area contributed by atoms with Crippen molar-refractivity contribution in [1.82, 2.24) is 8.61 Å². The number of hydrogen-bond donors (Lipinski definition) is 1. The first-order chi connectivity index (χ1) is 8.94. The molecule has 0 spiro atoms. The second-order valence-electron chi connectivity index (χ2n) is 5.49. The minimum atomic E-state index is -3.43. The zero-order valence-corrected chi connectivity index (χ0v) is 13.0. The van der Waals surface area contributed by atoms with Crippen molar-refractivity contribution in [2.24, 2.45) is 5.73 Å². The molecule has 0 amide bonds. The zero-order valence-electron chi connectivity index (χ0n) is 11.4. The predicted octanol–water partition coefficient (Wildman–Crippen LogP) is 1.25. The van der Waals surface area contributed by atoms with E-state index in [2.05, 4.69) is 0 Å². The topological polar surface area (TPSA) is 66.6 Å². The Morgan fingerprint density at radius 2 is 1.68 bits per heavy atom. The molecule has 0 aromatic heterocycles. The van der Waals surface area contributed by atoms with Crippen LogP contribution in [0.1, 0.15) is 45.4 Å². The summed E-state index contributed by atoms with van der Waals surface area (Å²) in [4.78, 5) is 0.299. The fraction of sp³-hybridized carbons (Fsp3) is 0.917. The molecule has 2 saturated heterocycles. The van der Waals surface area contributed by atoms with Gasteiger partial charge in [0, 0.05) is 19.1 Å². The molecule has 0 aliphatic carbocycles. The van der Waals surface area contributed by atoms with E-state index in [1.165, 1.54) is 4.31 Å². The average molecular weight is 305 g/mol. The maximum atomic E-state index is 12.8. The lowest BCUT2D eigenvalue weighted by Gasteiger charge is -2.40. The van der Waals surface area contributed by atoms with Gasteiger partial charge in [0.25, 0.3) is 10.2 Å². The van der Waals surface area contributed by atoms with Gasteiger partial charge in [0.2, 0.25) is 0 Å². The summed E-state index contributed by atoms with van der Waals surface area (Å²) in [5, 5.41) is 0. The van der Waals surface area contributed by atoms with Gasteiger partial charge in [0.05, 0.1) is 11.0 Å². The highest BCUT2D eigenvalue weighted by molar-refractivity contribution is 7.87. The fourth-order valence-corrected chi connectivity index (χ4v) is 5.42. The first-order valence-electron chi connectivity index (χ1n) is 7.02. The predicted molar refractivity (Wildman–Crippen MR) is 80.1 cm³/mol. The zero-order chi connectivity index (χ0) is 14.0. The first-order valence-corrected chi connectivity index (χ1v) is 8.83. The third-order valence-corrected chi connectivity index (χ3v) is 6.55. The smallest absolute Gasteiger partial charge is 0.282 e. The molecule has 0 bridgehead atoms. The first kappa shape index (κ1) is 15.2. The summed E-state index contributed by atoms with van der Waals surface area (Å²) in [6.07, 6.45) is 5.60. The molecule has 0 radical (unpaired) electrons. The number of nitrogens with zero attached hydrogens (tertiary/aromatic N) is 2. The van der Waals surface area contributed by atoms with Gasteiger partial charge in [-0.15, -0.1) is 0 Å². The molecule has 2 N–H and O–H groups in total. The van der Waals surface area contributed by atoms with Crippen LogP contribution in [0, 0.1) is 0 Å². The maximum Gasteiger partial charge on any atom is 0.282 e. The molecule has 2 aliphatic rings. The third kappa shape index (κ3) is 3.09. The van der Waals surface area contributed by atoms with Gasteiger partial charge in [-0.2, -0.15) is 17.0 Å². The van der Waals surface area contributed by atoms with Crippen molar-refractivity contribution in [2.75, 3.05) is 13.1 Å².